The highest BCUT2D eigenvalue weighted by atomic mass is 31.0. The van der Waals surface area contributed by atoms with E-state index in [4.69, 9.17) is 0 Å². The van der Waals surface area contributed by atoms with Crippen molar-refractivity contribution in [2.24, 2.45) is 0 Å². The van der Waals surface area contributed by atoms with Gasteiger partial charge in [0.15, 0.2) is 0 Å². The van der Waals surface area contributed by atoms with Crippen LogP contribution < -0.4 is 10.6 Å². The van der Waals surface area contributed by atoms with Crippen LogP contribution in [0.25, 0.3) is 33.0 Å². The molecule has 4 rings (SSSR count). The molecule has 0 radical (unpaired) electrons. The fourth-order valence-corrected chi connectivity index (χ4v) is 3.98. The minimum atomic E-state index is 1.22. The Morgan fingerprint density at radius 2 is 0.750 bits per heavy atom. The van der Waals surface area contributed by atoms with Crippen molar-refractivity contribution < 1.29 is 0 Å². The summed E-state index contributed by atoms with van der Waals surface area (Å²) in [6.45, 7) is 0. The van der Waals surface area contributed by atoms with Crippen LogP contribution in [-0.2, 0) is 0 Å². The van der Waals surface area contributed by atoms with Gasteiger partial charge in [0.1, 0.15) is 0 Å². The second-order valence-electron chi connectivity index (χ2n) is 5.88. The standard InChI is InChI=1S/C22H18P2/c23-21-11-5-3-9-19(21)17-13-14-18(16-8-2-1-7-15(16)17)20-10-4-6-12-22(20)24/h1-14H,23-24H2. The summed E-state index contributed by atoms with van der Waals surface area (Å²) in [5, 5.41) is 5.03. The number of rotatable bonds is 2. The first kappa shape index (κ1) is 15.5. The first-order valence-corrected chi connectivity index (χ1v) is 9.12. The van der Waals surface area contributed by atoms with E-state index < -0.39 is 0 Å². The van der Waals surface area contributed by atoms with Crippen molar-refractivity contribution in [1.29, 1.82) is 0 Å². The Morgan fingerprint density at radius 3 is 1.17 bits per heavy atom. The molecule has 0 saturated carbocycles. The average Bonchev–Trinajstić information content (AvgIpc) is 2.62. The summed E-state index contributed by atoms with van der Waals surface area (Å²) in [6, 6.07) is 30.2. The molecular weight excluding hydrogens is 326 g/mol. The maximum Gasteiger partial charge on any atom is -0.00987 e. The molecule has 0 aliphatic rings. The second kappa shape index (κ2) is 6.48. The van der Waals surface area contributed by atoms with Gasteiger partial charge < -0.3 is 0 Å². The molecule has 2 atom stereocenters. The molecule has 0 spiro atoms. The highest BCUT2D eigenvalue weighted by Crippen LogP contribution is 2.35. The van der Waals surface area contributed by atoms with E-state index in [-0.39, 0.29) is 0 Å². The molecule has 0 saturated heterocycles. The molecule has 116 valence electrons. The summed E-state index contributed by atoms with van der Waals surface area (Å²) in [4.78, 5) is 0. The molecule has 2 unspecified atom stereocenters. The lowest BCUT2D eigenvalue weighted by Gasteiger charge is -2.14. The first-order chi connectivity index (χ1) is 11.8. The van der Waals surface area contributed by atoms with Crippen LogP contribution in [0.3, 0.4) is 0 Å². The third kappa shape index (κ3) is 2.67. The summed E-state index contributed by atoms with van der Waals surface area (Å²) < 4.78 is 0. The van der Waals surface area contributed by atoms with Gasteiger partial charge in [0.2, 0.25) is 0 Å². The lowest BCUT2D eigenvalue weighted by molar-refractivity contribution is 1.66. The number of hydrogen-bond acceptors (Lipinski definition) is 0. The largest absolute Gasteiger partial charge is 0.105 e. The van der Waals surface area contributed by atoms with Gasteiger partial charge in [-0.25, -0.2) is 0 Å². The van der Waals surface area contributed by atoms with E-state index in [1.165, 1.54) is 43.6 Å². The van der Waals surface area contributed by atoms with Crippen LogP contribution in [0.1, 0.15) is 0 Å². The van der Waals surface area contributed by atoms with Gasteiger partial charge in [-0.15, -0.1) is 18.5 Å². The van der Waals surface area contributed by atoms with Crippen molar-refractivity contribution in [1.82, 2.24) is 0 Å². The van der Waals surface area contributed by atoms with E-state index in [0.29, 0.717) is 0 Å². The quantitative estimate of drug-likeness (QED) is 0.440. The van der Waals surface area contributed by atoms with E-state index >= 15 is 0 Å². The minimum absolute atomic E-state index is 1.22. The van der Waals surface area contributed by atoms with E-state index in [9.17, 15) is 0 Å². The summed E-state index contributed by atoms with van der Waals surface area (Å²) >= 11 is 0. The monoisotopic (exact) mass is 344 g/mol. The Morgan fingerprint density at radius 1 is 0.375 bits per heavy atom. The van der Waals surface area contributed by atoms with Gasteiger partial charge in [-0.05, 0) is 43.6 Å². The molecular formula is C22H18P2. The summed E-state index contributed by atoms with van der Waals surface area (Å²) in [5.41, 5.74) is 5.09. The third-order valence-corrected chi connectivity index (χ3v) is 5.43. The first-order valence-electron chi connectivity index (χ1n) is 7.97. The molecule has 4 aromatic rings. The Hall–Kier alpha value is -2.00. The lowest BCUT2D eigenvalue weighted by Crippen LogP contribution is -1.99. The fraction of sp³-hybridized carbons (Fsp3) is 0. The molecule has 4 aromatic carbocycles. The third-order valence-electron chi connectivity index (χ3n) is 4.43. The van der Waals surface area contributed by atoms with Crippen LogP contribution in [0, 0.1) is 0 Å². The van der Waals surface area contributed by atoms with Gasteiger partial charge in [-0.3, -0.25) is 0 Å². The summed E-state index contributed by atoms with van der Waals surface area (Å²) in [7, 11) is 5.70. The summed E-state index contributed by atoms with van der Waals surface area (Å²) in [5.74, 6) is 0. The van der Waals surface area contributed by atoms with Crippen molar-refractivity contribution in [2.45, 2.75) is 0 Å². The van der Waals surface area contributed by atoms with Crippen molar-refractivity contribution in [3.8, 4) is 22.3 Å². The van der Waals surface area contributed by atoms with E-state index in [0.717, 1.165) is 0 Å². The lowest BCUT2D eigenvalue weighted by atomic mass is 9.92. The van der Waals surface area contributed by atoms with Crippen LogP contribution in [0.4, 0.5) is 0 Å². The molecule has 0 aromatic heterocycles. The topological polar surface area (TPSA) is 0 Å². The van der Waals surface area contributed by atoms with Gasteiger partial charge in [-0.1, -0.05) is 84.9 Å². The molecule has 2 heteroatoms. The molecule has 0 amide bonds. The van der Waals surface area contributed by atoms with Crippen LogP contribution in [0.2, 0.25) is 0 Å². The second-order valence-corrected chi connectivity index (χ2v) is 7.12. The Bertz CT molecular complexity index is 951. The predicted molar refractivity (Wildman–Crippen MR) is 114 cm³/mol. The normalized spacial score (nSPS) is 10.9. The van der Waals surface area contributed by atoms with E-state index in [2.05, 4.69) is 103 Å². The van der Waals surface area contributed by atoms with Gasteiger partial charge in [-0.2, -0.15) is 0 Å². The molecule has 0 aliphatic heterocycles. The molecule has 0 fully saturated rings. The van der Waals surface area contributed by atoms with E-state index in [1.54, 1.807) is 0 Å². The zero-order chi connectivity index (χ0) is 16.5. The van der Waals surface area contributed by atoms with Crippen molar-refractivity contribution in [3.63, 3.8) is 0 Å². The molecule has 0 aliphatic carbocycles. The number of hydrogen-bond donors (Lipinski definition) is 0. The van der Waals surface area contributed by atoms with Crippen molar-refractivity contribution >= 4 is 39.9 Å². The predicted octanol–water partition coefficient (Wildman–Crippen LogP) is 5.17. The maximum absolute atomic E-state index is 2.85. The SMILES string of the molecule is Pc1ccccc1-c1ccc(-c2ccccc2P)c2ccccc12. The molecule has 0 bridgehead atoms. The average molecular weight is 344 g/mol. The molecule has 0 nitrogen and oxygen atoms in total. The van der Waals surface area contributed by atoms with Crippen LogP contribution in [0.5, 0.6) is 0 Å². The Kier molecular flexibility index (Phi) is 4.19. The summed E-state index contributed by atoms with van der Waals surface area (Å²) in [6.07, 6.45) is 0. The van der Waals surface area contributed by atoms with Crippen LogP contribution >= 0.6 is 18.5 Å². The molecule has 0 heterocycles. The smallest absolute Gasteiger partial charge is 0.00987 e. The van der Waals surface area contributed by atoms with Crippen LogP contribution in [-0.4, -0.2) is 0 Å². The van der Waals surface area contributed by atoms with Gasteiger partial charge >= 0.3 is 0 Å². The zero-order valence-corrected chi connectivity index (χ0v) is 15.5. The van der Waals surface area contributed by atoms with Crippen LogP contribution in [0.15, 0.2) is 84.9 Å². The highest BCUT2D eigenvalue weighted by molar-refractivity contribution is 7.28. The van der Waals surface area contributed by atoms with Gasteiger partial charge in [0.25, 0.3) is 0 Å². The van der Waals surface area contributed by atoms with Crippen molar-refractivity contribution in [3.05, 3.63) is 84.9 Å². The highest BCUT2D eigenvalue weighted by Gasteiger charge is 2.11. The number of fused-ring (bicyclic) bond motifs is 1. The maximum atomic E-state index is 2.85. The Balaban J connectivity index is 2.04. The minimum Gasteiger partial charge on any atom is -0.105 e. The van der Waals surface area contributed by atoms with E-state index in [1.807, 2.05) is 0 Å². The molecule has 0 N–H and O–H groups in total. The fourth-order valence-electron chi connectivity index (χ4n) is 3.25. The van der Waals surface area contributed by atoms with Crippen molar-refractivity contribution in [2.75, 3.05) is 0 Å². The number of benzene rings is 4. The van der Waals surface area contributed by atoms with Gasteiger partial charge in [0, 0.05) is 0 Å². The van der Waals surface area contributed by atoms with Gasteiger partial charge in [0.05, 0.1) is 0 Å². The Labute approximate surface area is 147 Å². The zero-order valence-electron chi connectivity index (χ0n) is 13.2. The molecule has 24 heavy (non-hydrogen) atoms.